The second kappa shape index (κ2) is 10.5. The van der Waals surface area contributed by atoms with E-state index in [1.807, 2.05) is 19.9 Å². The van der Waals surface area contributed by atoms with Crippen LogP contribution in [-0.2, 0) is 20.0 Å². The third kappa shape index (κ3) is 7.07. The lowest BCUT2D eigenvalue weighted by Gasteiger charge is -2.14. The SMILES string of the molecule is CCOP(OCC)OCCCCc1ccccc1. The van der Waals surface area contributed by atoms with Crippen molar-refractivity contribution in [3.8, 4) is 0 Å². The van der Waals surface area contributed by atoms with Crippen LogP contribution in [0.4, 0.5) is 0 Å². The van der Waals surface area contributed by atoms with Crippen LogP contribution in [-0.4, -0.2) is 19.8 Å². The first kappa shape index (κ1) is 15.6. The minimum Gasteiger partial charge on any atom is -0.313 e. The molecule has 3 nitrogen and oxygen atoms in total. The molecule has 0 atom stereocenters. The van der Waals surface area contributed by atoms with Gasteiger partial charge in [-0.2, -0.15) is 0 Å². The van der Waals surface area contributed by atoms with Gasteiger partial charge in [-0.15, -0.1) is 0 Å². The van der Waals surface area contributed by atoms with Gasteiger partial charge in [-0.25, -0.2) is 0 Å². The van der Waals surface area contributed by atoms with Crippen LogP contribution in [0.5, 0.6) is 0 Å². The van der Waals surface area contributed by atoms with Crippen LogP contribution in [0.25, 0.3) is 0 Å². The first-order valence-electron chi connectivity index (χ1n) is 6.59. The summed E-state index contributed by atoms with van der Waals surface area (Å²) in [4.78, 5) is 0. The van der Waals surface area contributed by atoms with Crippen molar-refractivity contribution in [3.05, 3.63) is 35.9 Å². The molecule has 0 spiro atoms. The first-order valence-corrected chi connectivity index (χ1v) is 7.69. The standard InChI is InChI=1S/C14H23O3P/c1-3-15-18(16-4-2)17-13-9-8-12-14-10-6-5-7-11-14/h5-7,10-11H,3-4,8-9,12-13H2,1-2H3. The van der Waals surface area contributed by atoms with Gasteiger partial charge in [0.15, 0.2) is 0 Å². The minimum atomic E-state index is -1.13. The summed E-state index contributed by atoms with van der Waals surface area (Å²) < 4.78 is 16.3. The Hall–Kier alpha value is -0.470. The molecule has 0 N–H and O–H groups in total. The van der Waals surface area contributed by atoms with Crippen LogP contribution >= 0.6 is 8.60 Å². The molecule has 0 bridgehead atoms. The summed E-state index contributed by atoms with van der Waals surface area (Å²) in [5, 5.41) is 0. The van der Waals surface area contributed by atoms with E-state index in [-0.39, 0.29) is 0 Å². The van der Waals surface area contributed by atoms with Gasteiger partial charge in [0, 0.05) is 0 Å². The number of unbranched alkanes of at least 4 members (excludes halogenated alkanes) is 1. The zero-order valence-electron chi connectivity index (χ0n) is 11.3. The molecule has 0 saturated carbocycles. The van der Waals surface area contributed by atoms with Crippen molar-refractivity contribution in [2.45, 2.75) is 33.1 Å². The number of hydrogen-bond acceptors (Lipinski definition) is 3. The van der Waals surface area contributed by atoms with Gasteiger partial charge in [-0.1, -0.05) is 30.3 Å². The topological polar surface area (TPSA) is 27.7 Å². The molecule has 0 heterocycles. The van der Waals surface area contributed by atoms with Crippen molar-refractivity contribution in [1.82, 2.24) is 0 Å². The molecule has 18 heavy (non-hydrogen) atoms. The summed E-state index contributed by atoms with van der Waals surface area (Å²) in [7, 11) is -1.13. The molecule has 1 aromatic carbocycles. The molecule has 0 fully saturated rings. The molecule has 1 aromatic rings. The van der Waals surface area contributed by atoms with Crippen LogP contribution in [0.15, 0.2) is 30.3 Å². The Labute approximate surface area is 111 Å². The maximum Gasteiger partial charge on any atom is 0.332 e. The van der Waals surface area contributed by atoms with E-state index in [0.29, 0.717) is 19.8 Å². The number of benzene rings is 1. The Balaban J connectivity index is 2.06. The van der Waals surface area contributed by atoms with Crippen LogP contribution in [0.1, 0.15) is 32.3 Å². The normalized spacial score (nSPS) is 11.1. The average molecular weight is 270 g/mol. The van der Waals surface area contributed by atoms with Gasteiger partial charge < -0.3 is 13.6 Å². The van der Waals surface area contributed by atoms with Crippen LogP contribution in [0.3, 0.4) is 0 Å². The van der Waals surface area contributed by atoms with Crippen LogP contribution in [0.2, 0.25) is 0 Å². The summed E-state index contributed by atoms with van der Waals surface area (Å²) in [5.74, 6) is 0. The summed E-state index contributed by atoms with van der Waals surface area (Å²) in [6.07, 6.45) is 3.27. The Morgan fingerprint density at radius 1 is 0.889 bits per heavy atom. The molecule has 4 heteroatoms. The molecule has 102 valence electrons. The van der Waals surface area contributed by atoms with E-state index in [0.717, 1.165) is 19.3 Å². The first-order chi connectivity index (χ1) is 8.86. The molecule has 0 aromatic heterocycles. The molecule has 1 rings (SSSR count). The van der Waals surface area contributed by atoms with Crippen molar-refractivity contribution in [1.29, 1.82) is 0 Å². The number of aryl methyl sites for hydroxylation is 1. The Morgan fingerprint density at radius 3 is 2.17 bits per heavy atom. The Morgan fingerprint density at radius 2 is 1.56 bits per heavy atom. The summed E-state index contributed by atoms with van der Waals surface area (Å²) in [5.41, 5.74) is 1.38. The second-order valence-corrected chi connectivity index (χ2v) is 5.06. The molecule has 0 aliphatic heterocycles. The van der Waals surface area contributed by atoms with E-state index >= 15 is 0 Å². The molecule has 0 saturated heterocycles. The molecule has 0 amide bonds. The molecule has 0 aliphatic carbocycles. The molecule has 0 unspecified atom stereocenters. The predicted molar refractivity (Wildman–Crippen MR) is 75.5 cm³/mol. The fourth-order valence-electron chi connectivity index (χ4n) is 1.54. The van der Waals surface area contributed by atoms with Gasteiger partial charge in [0.05, 0.1) is 19.8 Å². The van der Waals surface area contributed by atoms with Crippen molar-refractivity contribution < 1.29 is 13.6 Å². The Bertz CT molecular complexity index is 286. The summed E-state index contributed by atoms with van der Waals surface area (Å²) >= 11 is 0. The summed E-state index contributed by atoms with van der Waals surface area (Å²) in [6, 6.07) is 10.5. The molecular formula is C14H23O3P. The van der Waals surface area contributed by atoms with Crippen molar-refractivity contribution >= 4 is 8.60 Å². The maximum absolute atomic E-state index is 5.58. The van der Waals surface area contributed by atoms with Crippen molar-refractivity contribution in [2.75, 3.05) is 19.8 Å². The highest BCUT2D eigenvalue weighted by Crippen LogP contribution is 2.39. The minimum absolute atomic E-state index is 0.635. The van der Waals surface area contributed by atoms with Gasteiger partial charge >= 0.3 is 8.60 Å². The van der Waals surface area contributed by atoms with E-state index < -0.39 is 8.60 Å². The lowest BCUT2D eigenvalue weighted by atomic mass is 10.1. The van der Waals surface area contributed by atoms with Gasteiger partial charge in [0.25, 0.3) is 0 Å². The quantitative estimate of drug-likeness (QED) is 0.468. The highest BCUT2D eigenvalue weighted by molar-refractivity contribution is 7.41. The zero-order valence-corrected chi connectivity index (χ0v) is 12.2. The lowest BCUT2D eigenvalue weighted by Crippen LogP contribution is -1.97. The maximum atomic E-state index is 5.58. The van der Waals surface area contributed by atoms with E-state index in [2.05, 4.69) is 24.3 Å². The highest BCUT2D eigenvalue weighted by Gasteiger charge is 2.09. The monoisotopic (exact) mass is 270 g/mol. The third-order valence-corrected chi connectivity index (χ3v) is 3.70. The van der Waals surface area contributed by atoms with Crippen LogP contribution < -0.4 is 0 Å². The van der Waals surface area contributed by atoms with E-state index in [9.17, 15) is 0 Å². The third-order valence-electron chi connectivity index (χ3n) is 2.37. The number of rotatable bonds is 10. The van der Waals surface area contributed by atoms with Gasteiger partial charge in [0.2, 0.25) is 0 Å². The van der Waals surface area contributed by atoms with Crippen molar-refractivity contribution in [3.63, 3.8) is 0 Å². The second-order valence-electron chi connectivity index (χ2n) is 3.84. The number of hydrogen-bond donors (Lipinski definition) is 0. The van der Waals surface area contributed by atoms with Crippen LogP contribution in [0, 0.1) is 0 Å². The Kier molecular flexibility index (Phi) is 9.05. The highest BCUT2D eigenvalue weighted by atomic mass is 31.2. The van der Waals surface area contributed by atoms with Gasteiger partial charge in [0.1, 0.15) is 0 Å². The van der Waals surface area contributed by atoms with Crippen molar-refractivity contribution in [2.24, 2.45) is 0 Å². The van der Waals surface area contributed by atoms with Gasteiger partial charge in [-0.3, -0.25) is 0 Å². The van der Waals surface area contributed by atoms with Gasteiger partial charge in [-0.05, 0) is 38.7 Å². The zero-order chi connectivity index (χ0) is 13.1. The van der Waals surface area contributed by atoms with E-state index in [1.54, 1.807) is 0 Å². The predicted octanol–water partition coefficient (Wildman–Crippen LogP) is 4.33. The molecule has 0 aliphatic rings. The summed E-state index contributed by atoms with van der Waals surface area (Å²) in [6.45, 7) is 5.88. The van der Waals surface area contributed by atoms with E-state index in [4.69, 9.17) is 13.6 Å². The average Bonchev–Trinajstić information content (AvgIpc) is 2.40. The molecule has 0 radical (unpaired) electrons. The fourth-order valence-corrected chi connectivity index (χ4v) is 2.46. The largest absolute Gasteiger partial charge is 0.332 e. The smallest absolute Gasteiger partial charge is 0.313 e. The fraction of sp³-hybridized carbons (Fsp3) is 0.571. The lowest BCUT2D eigenvalue weighted by molar-refractivity contribution is 0.168. The van der Waals surface area contributed by atoms with E-state index in [1.165, 1.54) is 5.56 Å². The molecular weight excluding hydrogens is 247 g/mol.